The number of nitrogens with zero attached hydrogens (tertiary/aromatic N) is 1. The van der Waals surface area contributed by atoms with Crippen LogP contribution in [0, 0.1) is 12.8 Å². The fraction of sp³-hybridized carbons (Fsp3) is 0.615. The highest BCUT2D eigenvalue weighted by atomic mass is 32.2. The summed E-state index contributed by atoms with van der Waals surface area (Å²) in [4.78, 5) is 4.33. The molecule has 0 radical (unpaired) electrons. The van der Waals surface area contributed by atoms with Crippen LogP contribution < -0.4 is 0 Å². The molecule has 0 aliphatic heterocycles. The highest BCUT2D eigenvalue weighted by Crippen LogP contribution is 2.28. The van der Waals surface area contributed by atoms with E-state index in [0.717, 1.165) is 11.9 Å². The Balaban J connectivity index is 1.90. The van der Waals surface area contributed by atoms with Crippen LogP contribution in [0.3, 0.4) is 0 Å². The second-order valence-electron chi connectivity index (χ2n) is 4.88. The van der Waals surface area contributed by atoms with Crippen molar-refractivity contribution in [2.24, 2.45) is 5.92 Å². The van der Waals surface area contributed by atoms with Crippen molar-refractivity contribution < 1.29 is 17.0 Å². The molecule has 0 amide bonds. The molecule has 0 atom stereocenters. The van der Waals surface area contributed by atoms with Crippen LogP contribution in [0.1, 0.15) is 36.6 Å². The molecular formula is C13H19NO4S. The van der Waals surface area contributed by atoms with Gasteiger partial charge in [0, 0.05) is 6.42 Å². The molecule has 1 aromatic heterocycles. The SMILES string of the molecule is Cc1oc(/C=C/C2CCC2)nc1CCOS(C)(=O)=O. The van der Waals surface area contributed by atoms with E-state index >= 15 is 0 Å². The van der Waals surface area contributed by atoms with Gasteiger partial charge in [-0.1, -0.05) is 12.5 Å². The lowest BCUT2D eigenvalue weighted by Crippen LogP contribution is -2.07. The maximum Gasteiger partial charge on any atom is 0.264 e. The summed E-state index contributed by atoms with van der Waals surface area (Å²) >= 11 is 0. The predicted octanol–water partition coefficient (Wildman–Crippen LogP) is 2.32. The maximum atomic E-state index is 10.9. The van der Waals surface area contributed by atoms with E-state index in [1.165, 1.54) is 19.3 Å². The van der Waals surface area contributed by atoms with Crippen LogP contribution in [0.4, 0.5) is 0 Å². The first-order valence-electron chi connectivity index (χ1n) is 6.43. The number of aryl methyl sites for hydroxylation is 1. The summed E-state index contributed by atoms with van der Waals surface area (Å²) in [6, 6.07) is 0. The Bertz CT molecular complexity index is 555. The minimum Gasteiger partial charge on any atom is -0.442 e. The van der Waals surface area contributed by atoms with Crippen molar-refractivity contribution in [2.45, 2.75) is 32.6 Å². The van der Waals surface area contributed by atoms with Gasteiger partial charge < -0.3 is 4.42 Å². The number of aromatic nitrogens is 1. The van der Waals surface area contributed by atoms with Crippen LogP contribution in [-0.2, 0) is 20.7 Å². The Morgan fingerprint density at radius 2 is 2.21 bits per heavy atom. The summed E-state index contributed by atoms with van der Waals surface area (Å²) < 4.78 is 31.9. The van der Waals surface area contributed by atoms with Gasteiger partial charge in [0.05, 0.1) is 18.6 Å². The number of hydrogen-bond donors (Lipinski definition) is 0. The van der Waals surface area contributed by atoms with Gasteiger partial charge in [-0.3, -0.25) is 4.18 Å². The Labute approximate surface area is 113 Å². The molecule has 1 fully saturated rings. The zero-order chi connectivity index (χ0) is 13.9. The molecule has 6 heteroatoms. The minimum atomic E-state index is -3.39. The molecule has 19 heavy (non-hydrogen) atoms. The molecule has 1 aliphatic rings. The van der Waals surface area contributed by atoms with Crippen LogP contribution in [0.5, 0.6) is 0 Å². The van der Waals surface area contributed by atoms with Gasteiger partial charge >= 0.3 is 0 Å². The number of oxazole rings is 1. The summed E-state index contributed by atoms with van der Waals surface area (Å²) in [6.45, 7) is 1.92. The van der Waals surface area contributed by atoms with E-state index in [4.69, 9.17) is 8.60 Å². The topological polar surface area (TPSA) is 69.4 Å². The van der Waals surface area contributed by atoms with Crippen LogP contribution in [0.2, 0.25) is 0 Å². The maximum absolute atomic E-state index is 10.9. The van der Waals surface area contributed by atoms with Crippen LogP contribution >= 0.6 is 0 Å². The lowest BCUT2D eigenvalue weighted by atomic mass is 9.85. The third-order valence-electron chi connectivity index (χ3n) is 3.21. The predicted molar refractivity (Wildman–Crippen MR) is 72.1 cm³/mol. The first kappa shape index (κ1) is 14.3. The molecule has 0 spiro atoms. The lowest BCUT2D eigenvalue weighted by Gasteiger charge is -2.20. The Morgan fingerprint density at radius 1 is 1.47 bits per heavy atom. The Hall–Kier alpha value is -1.14. The van der Waals surface area contributed by atoms with Crippen molar-refractivity contribution in [3.05, 3.63) is 23.4 Å². The van der Waals surface area contributed by atoms with Crippen molar-refractivity contribution in [2.75, 3.05) is 12.9 Å². The highest BCUT2D eigenvalue weighted by Gasteiger charge is 2.14. The molecular weight excluding hydrogens is 266 g/mol. The van der Waals surface area contributed by atoms with Crippen molar-refractivity contribution in [3.8, 4) is 0 Å². The first-order chi connectivity index (χ1) is 8.94. The van der Waals surface area contributed by atoms with E-state index in [2.05, 4.69) is 11.1 Å². The first-order valence-corrected chi connectivity index (χ1v) is 8.24. The second kappa shape index (κ2) is 5.88. The van der Waals surface area contributed by atoms with Gasteiger partial charge in [0.15, 0.2) is 0 Å². The fourth-order valence-electron chi connectivity index (χ4n) is 1.89. The standard InChI is InChI=1S/C13H19NO4S/c1-10-12(8-9-17-19(2,15)16)14-13(18-10)7-6-11-4-3-5-11/h6-7,11H,3-5,8-9H2,1-2H3/b7-6+. The third-order valence-corrected chi connectivity index (χ3v) is 3.80. The van der Waals surface area contributed by atoms with Crippen molar-refractivity contribution in [1.82, 2.24) is 4.98 Å². The molecule has 1 aromatic rings. The molecule has 1 heterocycles. The van der Waals surface area contributed by atoms with Crippen LogP contribution in [0.25, 0.3) is 6.08 Å². The average Bonchev–Trinajstić information content (AvgIpc) is 2.55. The fourth-order valence-corrected chi connectivity index (χ4v) is 2.28. The van der Waals surface area contributed by atoms with Crippen molar-refractivity contribution >= 4 is 16.2 Å². The minimum absolute atomic E-state index is 0.0952. The lowest BCUT2D eigenvalue weighted by molar-refractivity contribution is 0.324. The average molecular weight is 285 g/mol. The molecule has 0 unspecified atom stereocenters. The molecule has 1 aliphatic carbocycles. The zero-order valence-electron chi connectivity index (χ0n) is 11.3. The number of hydrogen-bond acceptors (Lipinski definition) is 5. The highest BCUT2D eigenvalue weighted by molar-refractivity contribution is 7.85. The van der Waals surface area contributed by atoms with Crippen molar-refractivity contribution in [1.29, 1.82) is 0 Å². The smallest absolute Gasteiger partial charge is 0.264 e. The summed E-state index contributed by atoms with van der Waals surface area (Å²) in [5, 5.41) is 0. The molecule has 5 nitrogen and oxygen atoms in total. The van der Waals surface area contributed by atoms with Gasteiger partial charge in [-0.25, -0.2) is 4.98 Å². The molecule has 0 N–H and O–H groups in total. The molecule has 0 aromatic carbocycles. The van der Waals surface area contributed by atoms with Crippen LogP contribution in [0.15, 0.2) is 10.5 Å². The Morgan fingerprint density at radius 3 is 2.79 bits per heavy atom. The third kappa shape index (κ3) is 4.47. The molecule has 1 saturated carbocycles. The van der Waals surface area contributed by atoms with E-state index in [-0.39, 0.29) is 6.61 Å². The summed E-state index contributed by atoms with van der Waals surface area (Å²) in [7, 11) is -3.39. The second-order valence-corrected chi connectivity index (χ2v) is 6.53. The zero-order valence-corrected chi connectivity index (χ0v) is 12.1. The largest absolute Gasteiger partial charge is 0.442 e. The molecule has 2 rings (SSSR count). The van der Waals surface area contributed by atoms with E-state index in [1.807, 2.05) is 13.0 Å². The van der Waals surface area contributed by atoms with Gasteiger partial charge in [0.2, 0.25) is 5.89 Å². The molecule has 0 bridgehead atoms. The molecule has 0 saturated heterocycles. The van der Waals surface area contributed by atoms with Crippen LogP contribution in [-0.4, -0.2) is 26.3 Å². The monoisotopic (exact) mass is 285 g/mol. The summed E-state index contributed by atoms with van der Waals surface area (Å²) in [6.07, 6.45) is 9.28. The van der Waals surface area contributed by atoms with Gasteiger partial charge in [0.25, 0.3) is 10.1 Å². The molecule has 106 valence electrons. The van der Waals surface area contributed by atoms with Gasteiger partial charge in [0.1, 0.15) is 5.76 Å². The number of allylic oxidation sites excluding steroid dienone is 1. The van der Waals surface area contributed by atoms with Crippen molar-refractivity contribution in [3.63, 3.8) is 0 Å². The Kier molecular flexibility index (Phi) is 4.42. The van der Waals surface area contributed by atoms with E-state index in [9.17, 15) is 8.42 Å². The van der Waals surface area contributed by atoms with Gasteiger partial charge in [-0.15, -0.1) is 0 Å². The summed E-state index contributed by atoms with van der Waals surface area (Å²) in [5.74, 6) is 1.95. The normalized spacial score (nSPS) is 16.9. The van der Waals surface area contributed by atoms with Gasteiger partial charge in [-0.2, -0.15) is 8.42 Å². The van der Waals surface area contributed by atoms with E-state index in [0.29, 0.717) is 24.0 Å². The van der Waals surface area contributed by atoms with Gasteiger partial charge in [-0.05, 0) is 31.8 Å². The quantitative estimate of drug-likeness (QED) is 0.750. The van der Waals surface area contributed by atoms with E-state index < -0.39 is 10.1 Å². The number of rotatable bonds is 6. The van der Waals surface area contributed by atoms with E-state index in [1.54, 1.807) is 0 Å². The summed E-state index contributed by atoms with van der Waals surface area (Å²) in [5.41, 5.74) is 0.747.